The summed E-state index contributed by atoms with van der Waals surface area (Å²) in [5, 5.41) is 40.2. The van der Waals surface area contributed by atoms with Gasteiger partial charge in [-0.3, -0.25) is 0 Å². The Kier molecular flexibility index (Phi) is 5.74. The van der Waals surface area contributed by atoms with Gasteiger partial charge in [0.1, 0.15) is 12.2 Å². The van der Waals surface area contributed by atoms with Crippen LogP contribution in [0.1, 0.15) is 33.6 Å². The van der Waals surface area contributed by atoms with Crippen molar-refractivity contribution in [3.8, 4) is 0 Å². The molecule has 4 N–H and O–H groups in total. The van der Waals surface area contributed by atoms with E-state index in [9.17, 15) is 20.4 Å². The molecule has 0 heterocycles. The first-order chi connectivity index (χ1) is 8.75. The van der Waals surface area contributed by atoms with Gasteiger partial charge in [0.05, 0.1) is 12.2 Å². The third-order valence-electron chi connectivity index (χ3n) is 4.05. The van der Waals surface area contributed by atoms with E-state index in [0.717, 1.165) is 0 Å². The zero-order valence-corrected chi connectivity index (χ0v) is 12.0. The summed E-state index contributed by atoms with van der Waals surface area (Å²) >= 11 is 0. The van der Waals surface area contributed by atoms with Gasteiger partial charge in [-0.2, -0.15) is 0 Å². The lowest BCUT2D eigenvalue weighted by Crippen LogP contribution is -2.40. The maximum atomic E-state index is 10.3. The van der Waals surface area contributed by atoms with Crippen molar-refractivity contribution >= 4 is 0 Å². The normalized spacial score (nSPS) is 40.9. The summed E-state index contributed by atoms with van der Waals surface area (Å²) in [6.45, 7) is 9.46. The Morgan fingerprint density at radius 2 is 1.74 bits per heavy atom. The van der Waals surface area contributed by atoms with Gasteiger partial charge in [-0.1, -0.05) is 26.5 Å². The van der Waals surface area contributed by atoms with E-state index in [1.807, 2.05) is 19.9 Å². The second-order valence-corrected chi connectivity index (χ2v) is 5.90. The molecule has 0 bridgehead atoms. The predicted molar refractivity (Wildman–Crippen MR) is 74.5 cm³/mol. The highest BCUT2D eigenvalue weighted by Crippen LogP contribution is 2.29. The summed E-state index contributed by atoms with van der Waals surface area (Å²) in [6.07, 6.45) is -1.45. The fraction of sp³-hybridized carbons (Fsp3) is 0.733. The topological polar surface area (TPSA) is 80.9 Å². The molecular weight excluding hydrogens is 244 g/mol. The summed E-state index contributed by atoms with van der Waals surface area (Å²) in [5.74, 6) is 0.0899. The molecule has 1 aliphatic carbocycles. The van der Waals surface area contributed by atoms with Crippen molar-refractivity contribution in [2.24, 2.45) is 11.8 Å². The Morgan fingerprint density at radius 3 is 2.26 bits per heavy atom. The molecule has 110 valence electrons. The highest BCUT2D eigenvalue weighted by atomic mass is 16.3. The van der Waals surface area contributed by atoms with Crippen LogP contribution >= 0.6 is 0 Å². The van der Waals surface area contributed by atoms with Crippen LogP contribution in [0.5, 0.6) is 0 Å². The molecule has 0 saturated carbocycles. The van der Waals surface area contributed by atoms with Gasteiger partial charge in [0.25, 0.3) is 0 Å². The van der Waals surface area contributed by atoms with Gasteiger partial charge in [0.15, 0.2) is 0 Å². The Morgan fingerprint density at radius 1 is 1.16 bits per heavy atom. The lowest BCUT2D eigenvalue weighted by Gasteiger charge is -2.32. The fourth-order valence-corrected chi connectivity index (χ4v) is 2.53. The highest BCUT2D eigenvalue weighted by molar-refractivity contribution is 5.15. The van der Waals surface area contributed by atoms with Crippen LogP contribution in [0.25, 0.3) is 0 Å². The summed E-state index contributed by atoms with van der Waals surface area (Å²) in [6, 6.07) is 0. The molecule has 0 aromatic heterocycles. The van der Waals surface area contributed by atoms with Crippen molar-refractivity contribution in [3.05, 3.63) is 23.8 Å². The number of allylic oxidation sites excluding steroid dienone is 1. The number of aliphatic hydroxyl groups is 4. The average Bonchev–Trinajstić information content (AvgIpc) is 2.34. The van der Waals surface area contributed by atoms with Crippen LogP contribution in [0, 0.1) is 11.8 Å². The van der Waals surface area contributed by atoms with E-state index >= 15 is 0 Å². The molecule has 19 heavy (non-hydrogen) atoms. The minimum atomic E-state index is -1.07. The second kappa shape index (κ2) is 6.66. The van der Waals surface area contributed by atoms with E-state index in [0.29, 0.717) is 17.6 Å². The molecule has 0 aromatic carbocycles. The minimum Gasteiger partial charge on any atom is -0.390 e. The first-order valence-electron chi connectivity index (χ1n) is 6.82. The molecule has 0 fully saturated rings. The van der Waals surface area contributed by atoms with Gasteiger partial charge in [-0.15, -0.1) is 0 Å². The van der Waals surface area contributed by atoms with Crippen LogP contribution in [0.2, 0.25) is 0 Å². The molecule has 4 heteroatoms. The SMILES string of the molecule is C=C1C[C@@H](O)[C@H](O)/C(C)=C\C[C@@H](C(C)C)[C@@H](O)[C@@H]1O. The molecule has 0 saturated heterocycles. The summed E-state index contributed by atoms with van der Waals surface area (Å²) in [4.78, 5) is 0. The van der Waals surface area contributed by atoms with E-state index in [1.165, 1.54) is 0 Å². The minimum absolute atomic E-state index is 0.0788. The number of hydrogen-bond acceptors (Lipinski definition) is 4. The molecule has 0 aromatic rings. The lowest BCUT2D eigenvalue weighted by molar-refractivity contribution is -0.0214. The molecule has 4 nitrogen and oxygen atoms in total. The Bertz CT molecular complexity index is 348. The van der Waals surface area contributed by atoms with Crippen LogP contribution in [0.3, 0.4) is 0 Å². The molecule has 0 spiro atoms. The Hall–Kier alpha value is -0.680. The summed E-state index contributed by atoms with van der Waals surface area (Å²) < 4.78 is 0. The monoisotopic (exact) mass is 270 g/mol. The highest BCUT2D eigenvalue weighted by Gasteiger charge is 2.32. The Balaban J connectivity index is 3.06. The fourth-order valence-electron chi connectivity index (χ4n) is 2.53. The standard InChI is InChI=1S/C15H26O4/c1-8(2)11-6-5-9(3)13(17)12(16)7-10(4)14(18)15(11)19/h5,8,11-19H,4,6-7H2,1-3H3/b9-5-/t11-,12+,13+,14+,15+/m0/s1. The van der Waals surface area contributed by atoms with Crippen molar-refractivity contribution in [1.82, 2.24) is 0 Å². The quantitative estimate of drug-likeness (QED) is 0.536. The van der Waals surface area contributed by atoms with E-state index in [4.69, 9.17) is 0 Å². The van der Waals surface area contributed by atoms with Gasteiger partial charge in [-0.05, 0) is 42.7 Å². The summed E-state index contributed by atoms with van der Waals surface area (Å²) in [5.41, 5.74) is 1.05. The maximum Gasteiger partial charge on any atom is 0.101 e. The zero-order valence-electron chi connectivity index (χ0n) is 12.0. The maximum absolute atomic E-state index is 10.3. The number of hydrogen-bond donors (Lipinski definition) is 4. The van der Waals surface area contributed by atoms with Gasteiger partial charge >= 0.3 is 0 Å². The van der Waals surface area contributed by atoms with E-state index in [-0.39, 0.29) is 18.3 Å². The van der Waals surface area contributed by atoms with Gasteiger partial charge in [-0.25, -0.2) is 0 Å². The third-order valence-corrected chi connectivity index (χ3v) is 4.05. The predicted octanol–water partition coefficient (Wildman–Crippen LogP) is 0.998. The smallest absolute Gasteiger partial charge is 0.101 e. The van der Waals surface area contributed by atoms with Gasteiger partial charge in [0.2, 0.25) is 0 Å². The van der Waals surface area contributed by atoms with Crippen LogP contribution in [-0.4, -0.2) is 44.8 Å². The molecule has 0 unspecified atom stereocenters. The zero-order chi connectivity index (χ0) is 14.7. The molecule has 1 aliphatic rings. The Labute approximate surface area is 115 Å². The van der Waals surface area contributed by atoms with Crippen molar-refractivity contribution in [3.63, 3.8) is 0 Å². The molecule has 0 amide bonds. The number of rotatable bonds is 1. The van der Waals surface area contributed by atoms with Crippen LogP contribution in [0.15, 0.2) is 23.8 Å². The molecule has 0 radical (unpaired) electrons. The van der Waals surface area contributed by atoms with E-state index in [2.05, 4.69) is 6.58 Å². The van der Waals surface area contributed by atoms with Crippen LogP contribution < -0.4 is 0 Å². The van der Waals surface area contributed by atoms with E-state index < -0.39 is 24.4 Å². The first kappa shape index (κ1) is 16.4. The first-order valence-corrected chi connectivity index (χ1v) is 6.82. The van der Waals surface area contributed by atoms with Crippen molar-refractivity contribution < 1.29 is 20.4 Å². The number of aliphatic hydroxyl groups excluding tert-OH is 4. The van der Waals surface area contributed by atoms with Gasteiger partial charge in [0, 0.05) is 0 Å². The molecule has 1 rings (SSSR count). The third kappa shape index (κ3) is 3.89. The van der Waals surface area contributed by atoms with Crippen LogP contribution in [-0.2, 0) is 0 Å². The van der Waals surface area contributed by atoms with Crippen molar-refractivity contribution in [2.45, 2.75) is 58.0 Å². The van der Waals surface area contributed by atoms with E-state index in [1.54, 1.807) is 6.92 Å². The summed E-state index contributed by atoms with van der Waals surface area (Å²) in [7, 11) is 0. The largest absolute Gasteiger partial charge is 0.390 e. The molecular formula is C15H26O4. The lowest BCUT2D eigenvalue weighted by atomic mass is 9.80. The second-order valence-electron chi connectivity index (χ2n) is 5.90. The molecule has 5 atom stereocenters. The van der Waals surface area contributed by atoms with Crippen molar-refractivity contribution in [2.75, 3.05) is 0 Å². The van der Waals surface area contributed by atoms with Crippen LogP contribution in [0.4, 0.5) is 0 Å². The molecule has 0 aliphatic heterocycles. The average molecular weight is 270 g/mol. The van der Waals surface area contributed by atoms with Crippen molar-refractivity contribution in [1.29, 1.82) is 0 Å². The van der Waals surface area contributed by atoms with Gasteiger partial charge < -0.3 is 20.4 Å².